The standard InChI is InChI=1S/C46H38N4O3S.C19H18N4.CH4.B/c51-43(24-30(22-31-25-47-40-20-10-8-14-33(31)40)45-48-26-42(49-45)29-12-2-1-3-13-29)41(23-32-28-54-44-21-11-9-15-34(32)44)50-46(52)53-27-39-37-18-6-4-16-35(37)36-17-5-7-19-38(36)39;20-16(10-14-11-21-17-9-5-4-8-15(14)17)19-22-12-18(23-19)13-6-2-1-3-7-13;;/h1-21,25-26,28,30,39,41,47H,22-24,27H2,(H,48,49)(H,50,52);1-9,11-12,16,21H,10,20H2,(H,22,23);1H4;/t30-,41+;16-;;/m01../s1. The topological polar surface area (TPSA) is 170 Å². The van der Waals surface area contributed by atoms with Gasteiger partial charge in [-0.2, -0.15) is 0 Å². The van der Waals surface area contributed by atoms with Crippen molar-refractivity contribution in [3.05, 3.63) is 252 Å². The molecule has 0 fully saturated rings. The maximum Gasteiger partial charge on any atom is 0.407 e. The molecular weight excluding hydrogens is 996 g/mol. The molecule has 0 bridgehead atoms. The van der Waals surface area contributed by atoms with Gasteiger partial charge in [0.05, 0.1) is 35.9 Å². The van der Waals surface area contributed by atoms with Gasteiger partial charge in [-0.25, -0.2) is 14.8 Å². The number of aromatic nitrogens is 6. The van der Waals surface area contributed by atoms with Crippen LogP contribution in [0.15, 0.2) is 212 Å². The summed E-state index contributed by atoms with van der Waals surface area (Å²) in [4.78, 5) is 51.2. The highest BCUT2D eigenvalue weighted by Crippen LogP contribution is 2.44. The number of nitrogens with two attached hydrogens (primary N) is 1. The average Bonchev–Trinajstić information content (AvgIpc) is 4.44. The number of hydrogen-bond donors (Lipinski definition) is 6. The number of aromatic amines is 4. The largest absolute Gasteiger partial charge is 0.449 e. The molecule has 13 rings (SSSR count). The predicted octanol–water partition coefficient (Wildman–Crippen LogP) is 14.3. The molecule has 3 atom stereocenters. The third-order valence-corrected chi connectivity index (χ3v) is 15.8. The van der Waals surface area contributed by atoms with Crippen molar-refractivity contribution in [3.63, 3.8) is 0 Å². The summed E-state index contributed by atoms with van der Waals surface area (Å²) < 4.78 is 7.12. The summed E-state index contributed by atoms with van der Waals surface area (Å²) in [6.45, 7) is 0.167. The third-order valence-electron chi connectivity index (χ3n) is 14.8. The lowest BCUT2D eigenvalue weighted by atomic mass is 9.89. The second-order valence-electron chi connectivity index (χ2n) is 19.7. The van der Waals surface area contributed by atoms with E-state index in [9.17, 15) is 9.59 Å². The first-order chi connectivity index (χ1) is 37.9. The number of thiophene rings is 1. The molecule has 0 spiro atoms. The molecule has 12 aromatic rings. The average molecular weight is 1060 g/mol. The Morgan fingerprint density at radius 3 is 1.71 bits per heavy atom. The number of H-pyrrole nitrogens is 4. The van der Waals surface area contributed by atoms with Gasteiger partial charge in [-0.15, -0.1) is 11.3 Å². The van der Waals surface area contributed by atoms with E-state index in [2.05, 4.69) is 108 Å². The quantitative estimate of drug-likeness (QED) is 0.0526. The van der Waals surface area contributed by atoms with Gasteiger partial charge in [-0.1, -0.05) is 171 Å². The van der Waals surface area contributed by atoms with Crippen molar-refractivity contribution in [3.8, 4) is 33.6 Å². The number of fused-ring (bicyclic) bond motifs is 6. The van der Waals surface area contributed by atoms with E-state index < -0.39 is 12.1 Å². The molecule has 11 nitrogen and oxygen atoms in total. The van der Waals surface area contributed by atoms with Crippen LogP contribution in [-0.4, -0.2) is 62.8 Å². The number of amides is 1. The Morgan fingerprint density at radius 1 is 0.582 bits per heavy atom. The molecule has 5 aromatic heterocycles. The van der Waals surface area contributed by atoms with E-state index in [1.165, 1.54) is 10.9 Å². The number of nitrogens with zero attached hydrogens (tertiary/aromatic N) is 2. The minimum absolute atomic E-state index is 0. The fraction of sp³-hybridized carbons (Fsp3) is 0.152. The number of benzene rings is 7. The minimum atomic E-state index is -0.812. The fourth-order valence-corrected chi connectivity index (χ4v) is 11.9. The maximum absolute atomic E-state index is 14.7. The number of para-hydroxylation sites is 2. The van der Waals surface area contributed by atoms with Crippen LogP contribution in [0.1, 0.15) is 71.2 Å². The minimum Gasteiger partial charge on any atom is -0.449 e. The van der Waals surface area contributed by atoms with Crippen LogP contribution >= 0.6 is 11.3 Å². The Balaban J connectivity index is 0.000000236. The SMILES string of the molecule is C.N[C@H](Cc1c[nH]c2ccccc12)c1ncc(-c2ccccc2)[nH]1.O=C(N[C@H](Cc1csc2ccccc12)C(=O)C[C@H](Cc1c[nH]c2ccccc12)c1ncc(-c2ccccc2)[nH]1)OCC1c2ccccc2-c2ccccc21.[B]. The van der Waals surface area contributed by atoms with Crippen molar-refractivity contribution in [1.82, 2.24) is 35.2 Å². The van der Waals surface area contributed by atoms with Gasteiger partial charge in [-0.3, -0.25) is 4.79 Å². The summed E-state index contributed by atoms with van der Waals surface area (Å²) in [5, 5.41) is 8.54. The first-order valence-electron chi connectivity index (χ1n) is 26.1. The zero-order valence-corrected chi connectivity index (χ0v) is 43.6. The van der Waals surface area contributed by atoms with Crippen LogP contribution in [0.4, 0.5) is 4.79 Å². The van der Waals surface area contributed by atoms with Crippen LogP contribution in [-0.2, 0) is 28.8 Å². The summed E-state index contributed by atoms with van der Waals surface area (Å²) >= 11 is 1.64. The van der Waals surface area contributed by atoms with E-state index in [0.29, 0.717) is 12.8 Å². The molecule has 0 saturated carbocycles. The molecular formula is C66H60BN8O3S. The van der Waals surface area contributed by atoms with Crippen molar-refractivity contribution >= 4 is 63.5 Å². The van der Waals surface area contributed by atoms with Crippen molar-refractivity contribution in [2.45, 2.75) is 57.0 Å². The number of ether oxygens (including phenoxy) is 1. The third kappa shape index (κ3) is 11.5. The molecule has 13 heteroatoms. The van der Waals surface area contributed by atoms with Crippen LogP contribution in [0.2, 0.25) is 0 Å². The van der Waals surface area contributed by atoms with Crippen LogP contribution in [0.25, 0.3) is 65.5 Å². The lowest BCUT2D eigenvalue weighted by Crippen LogP contribution is -2.43. The Hall–Kier alpha value is -9.04. The van der Waals surface area contributed by atoms with Gasteiger partial charge < -0.3 is 35.7 Å². The van der Waals surface area contributed by atoms with Crippen molar-refractivity contribution in [2.75, 3.05) is 6.61 Å². The van der Waals surface area contributed by atoms with E-state index in [-0.39, 0.29) is 52.5 Å². The normalized spacial score (nSPS) is 12.8. The number of imidazole rings is 2. The van der Waals surface area contributed by atoms with Gasteiger partial charge in [0.1, 0.15) is 18.3 Å². The van der Waals surface area contributed by atoms with E-state index in [0.717, 1.165) is 100 Å². The molecule has 391 valence electrons. The van der Waals surface area contributed by atoms with Crippen LogP contribution in [0.5, 0.6) is 0 Å². The number of carbonyl (C=O) groups is 2. The number of carbonyl (C=O) groups excluding carboxylic acids is 2. The predicted molar refractivity (Wildman–Crippen MR) is 321 cm³/mol. The zero-order valence-electron chi connectivity index (χ0n) is 42.7. The fourth-order valence-electron chi connectivity index (χ4n) is 10.9. The van der Waals surface area contributed by atoms with Crippen LogP contribution in [0, 0.1) is 0 Å². The zero-order chi connectivity index (χ0) is 52.1. The van der Waals surface area contributed by atoms with Gasteiger partial charge >= 0.3 is 6.09 Å². The number of Topliss-reactive ketones (excluding diaryl/α,β-unsaturated/α-hetero) is 1. The monoisotopic (exact) mass is 1060 g/mol. The van der Waals surface area contributed by atoms with E-state index in [4.69, 9.17) is 15.5 Å². The van der Waals surface area contributed by atoms with Crippen LogP contribution in [0.3, 0.4) is 0 Å². The van der Waals surface area contributed by atoms with Crippen molar-refractivity contribution < 1.29 is 14.3 Å². The summed E-state index contributed by atoms with van der Waals surface area (Å²) in [5.41, 5.74) is 20.5. The summed E-state index contributed by atoms with van der Waals surface area (Å²) in [6.07, 6.45) is 8.97. The van der Waals surface area contributed by atoms with Crippen molar-refractivity contribution in [1.29, 1.82) is 0 Å². The molecule has 7 N–H and O–H groups in total. The maximum atomic E-state index is 14.7. The lowest BCUT2D eigenvalue weighted by molar-refractivity contribution is -0.121. The summed E-state index contributed by atoms with van der Waals surface area (Å²) in [7, 11) is 0. The van der Waals surface area contributed by atoms with Crippen molar-refractivity contribution in [2.24, 2.45) is 5.73 Å². The van der Waals surface area contributed by atoms with Gasteiger partial charge in [-0.05, 0) is 91.9 Å². The van der Waals surface area contributed by atoms with Gasteiger partial charge in [0, 0.05) is 72.0 Å². The first-order valence-corrected chi connectivity index (χ1v) is 26.9. The molecule has 0 unspecified atom stereocenters. The molecule has 0 aliphatic heterocycles. The smallest absolute Gasteiger partial charge is 0.407 e. The van der Waals surface area contributed by atoms with Gasteiger partial charge in [0.15, 0.2) is 5.78 Å². The summed E-state index contributed by atoms with van der Waals surface area (Å²) in [6, 6.07) is 60.4. The molecule has 79 heavy (non-hydrogen) atoms. The number of rotatable bonds is 16. The number of hydrogen-bond acceptors (Lipinski definition) is 7. The lowest BCUT2D eigenvalue weighted by Gasteiger charge is -2.22. The first kappa shape index (κ1) is 53.4. The Labute approximate surface area is 465 Å². The van der Waals surface area contributed by atoms with E-state index >= 15 is 0 Å². The van der Waals surface area contributed by atoms with Gasteiger partial charge in [0.2, 0.25) is 0 Å². The molecule has 1 aliphatic rings. The van der Waals surface area contributed by atoms with E-state index in [1.807, 2.05) is 134 Å². The Bertz CT molecular complexity index is 3950. The van der Waals surface area contributed by atoms with Gasteiger partial charge in [0.25, 0.3) is 0 Å². The Kier molecular flexibility index (Phi) is 16.3. The van der Waals surface area contributed by atoms with Crippen LogP contribution < -0.4 is 11.1 Å². The number of ketones is 1. The molecule has 7 aromatic carbocycles. The molecule has 1 aliphatic carbocycles. The second kappa shape index (κ2) is 24.1. The number of alkyl carbamates (subject to hydrolysis) is 1. The molecule has 5 heterocycles. The highest BCUT2D eigenvalue weighted by Gasteiger charge is 2.32. The summed E-state index contributed by atoms with van der Waals surface area (Å²) in [5.74, 6) is 1.10. The number of nitrogens with one attached hydrogen (secondary N) is 5. The molecule has 0 saturated heterocycles. The molecule has 3 radical (unpaired) electrons. The highest BCUT2D eigenvalue weighted by atomic mass is 32.1. The Morgan fingerprint density at radius 2 is 1.09 bits per heavy atom. The van der Waals surface area contributed by atoms with E-state index in [1.54, 1.807) is 11.3 Å². The molecule has 1 amide bonds. The second-order valence-corrected chi connectivity index (χ2v) is 20.6. The highest BCUT2D eigenvalue weighted by molar-refractivity contribution is 7.17.